The average Bonchev–Trinajstić information content (AvgIpc) is 2.22. The zero-order valence-electron chi connectivity index (χ0n) is 9.37. The molecule has 1 aliphatic carbocycles. The van der Waals surface area contributed by atoms with Gasteiger partial charge < -0.3 is 10.4 Å². The van der Waals surface area contributed by atoms with E-state index in [2.05, 4.69) is 12.2 Å². The molecular weight excluding hydrogens is 210 g/mol. The molecule has 1 saturated carbocycles. The van der Waals surface area contributed by atoms with Crippen molar-refractivity contribution in [1.82, 2.24) is 5.32 Å². The molecule has 0 bridgehead atoms. The molecular formula is C11H21NO2S. The van der Waals surface area contributed by atoms with E-state index in [1.807, 2.05) is 0 Å². The zero-order valence-corrected chi connectivity index (χ0v) is 10.2. The first-order chi connectivity index (χ1) is 7.24. The number of hydrogen-bond acceptors (Lipinski definition) is 3. The van der Waals surface area contributed by atoms with Crippen LogP contribution in [-0.2, 0) is 4.79 Å². The molecule has 2 N–H and O–H groups in total. The summed E-state index contributed by atoms with van der Waals surface area (Å²) in [5.74, 6) is 2.02. The van der Waals surface area contributed by atoms with Crippen LogP contribution in [0.3, 0.4) is 0 Å². The van der Waals surface area contributed by atoms with Crippen molar-refractivity contribution in [3.8, 4) is 0 Å². The van der Waals surface area contributed by atoms with E-state index in [0.29, 0.717) is 6.42 Å². The van der Waals surface area contributed by atoms with Crippen molar-refractivity contribution >= 4 is 17.7 Å². The van der Waals surface area contributed by atoms with Gasteiger partial charge in [-0.15, -0.1) is 0 Å². The molecule has 0 spiro atoms. The Morgan fingerprint density at radius 1 is 1.47 bits per heavy atom. The third-order valence-electron chi connectivity index (χ3n) is 2.75. The van der Waals surface area contributed by atoms with Crippen LogP contribution in [0, 0.1) is 0 Å². The molecule has 0 aromatic heterocycles. The summed E-state index contributed by atoms with van der Waals surface area (Å²) in [6, 6.07) is -0.00197. The van der Waals surface area contributed by atoms with Crippen molar-refractivity contribution in [3.05, 3.63) is 0 Å². The molecule has 1 aliphatic rings. The highest BCUT2D eigenvalue weighted by Crippen LogP contribution is 2.18. The number of aliphatic hydroxyl groups is 1. The fraction of sp³-hybridized carbons (Fsp3) is 0.909. The van der Waals surface area contributed by atoms with Gasteiger partial charge >= 0.3 is 0 Å². The monoisotopic (exact) mass is 231 g/mol. The second kappa shape index (κ2) is 7.12. The largest absolute Gasteiger partial charge is 0.391 e. The number of rotatable bonds is 5. The number of hydrogen-bond donors (Lipinski definition) is 2. The summed E-state index contributed by atoms with van der Waals surface area (Å²) in [6.45, 7) is 2.09. The first-order valence-corrected chi connectivity index (χ1v) is 6.94. The third-order valence-corrected chi connectivity index (χ3v) is 3.65. The molecule has 4 heteroatoms. The average molecular weight is 231 g/mol. The van der Waals surface area contributed by atoms with E-state index in [9.17, 15) is 9.90 Å². The normalized spacial score (nSPS) is 26.3. The van der Waals surface area contributed by atoms with Crippen molar-refractivity contribution in [2.75, 3.05) is 11.5 Å². The lowest BCUT2D eigenvalue weighted by molar-refractivity contribution is -0.122. The van der Waals surface area contributed by atoms with Crippen molar-refractivity contribution in [2.24, 2.45) is 0 Å². The molecule has 3 nitrogen and oxygen atoms in total. The molecule has 1 rings (SSSR count). The van der Waals surface area contributed by atoms with Gasteiger partial charge in [-0.05, 0) is 18.6 Å². The highest BCUT2D eigenvalue weighted by atomic mass is 32.2. The predicted molar refractivity (Wildman–Crippen MR) is 64.0 cm³/mol. The lowest BCUT2D eigenvalue weighted by Gasteiger charge is -2.28. The zero-order chi connectivity index (χ0) is 11.1. The Morgan fingerprint density at radius 2 is 2.20 bits per heavy atom. The number of carbonyl (C=O) groups excluding carboxylic acids is 1. The standard InChI is InChI=1S/C11H21NO2S/c1-2-15-8-7-11(14)12-9-5-3-4-6-10(9)13/h9-10,13H,2-8H2,1H3,(H,12,14). The van der Waals surface area contributed by atoms with E-state index in [1.54, 1.807) is 11.8 Å². The van der Waals surface area contributed by atoms with Gasteiger partial charge in [0.1, 0.15) is 0 Å². The van der Waals surface area contributed by atoms with Crippen LogP contribution in [0.25, 0.3) is 0 Å². The van der Waals surface area contributed by atoms with Crippen LogP contribution in [0.4, 0.5) is 0 Å². The fourth-order valence-electron chi connectivity index (χ4n) is 1.87. The molecule has 1 amide bonds. The summed E-state index contributed by atoms with van der Waals surface area (Å²) in [4.78, 5) is 11.5. The summed E-state index contributed by atoms with van der Waals surface area (Å²) >= 11 is 1.78. The molecule has 0 aromatic carbocycles. The van der Waals surface area contributed by atoms with Crippen LogP contribution in [0.1, 0.15) is 39.0 Å². The van der Waals surface area contributed by atoms with Crippen LogP contribution >= 0.6 is 11.8 Å². The second-order valence-corrected chi connectivity index (χ2v) is 5.37. The minimum absolute atomic E-state index is 0.00197. The van der Waals surface area contributed by atoms with Crippen molar-refractivity contribution in [1.29, 1.82) is 0 Å². The van der Waals surface area contributed by atoms with E-state index in [1.165, 1.54) is 0 Å². The van der Waals surface area contributed by atoms with Crippen molar-refractivity contribution in [2.45, 2.75) is 51.2 Å². The minimum Gasteiger partial charge on any atom is -0.391 e. The van der Waals surface area contributed by atoms with Gasteiger partial charge in [0, 0.05) is 12.2 Å². The summed E-state index contributed by atoms with van der Waals surface area (Å²) in [5, 5.41) is 12.6. The number of thioether (sulfide) groups is 1. The molecule has 0 aliphatic heterocycles. The van der Waals surface area contributed by atoms with E-state index in [-0.39, 0.29) is 18.1 Å². The highest BCUT2D eigenvalue weighted by Gasteiger charge is 2.23. The van der Waals surface area contributed by atoms with Crippen molar-refractivity contribution in [3.63, 3.8) is 0 Å². The predicted octanol–water partition coefficient (Wildman–Crippen LogP) is 1.55. The number of carbonyl (C=O) groups is 1. The quantitative estimate of drug-likeness (QED) is 0.706. The van der Waals surface area contributed by atoms with Crippen LogP contribution < -0.4 is 5.32 Å². The SMILES string of the molecule is CCSCCC(=O)NC1CCCCC1O. The Hall–Kier alpha value is -0.220. The lowest BCUT2D eigenvalue weighted by atomic mass is 9.92. The van der Waals surface area contributed by atoms with Crippen LogP contribution in [0.2, 0.25) is 0 Å². The third kappa shape index (κ3) is 4.89. The number of amides is 1. The molecule has 15 heavy (non-hydrogen) atoms. The Balaban J connectivity index is 2.18. The number of aliphatic hydroxyl groups excluding tert-OH is 1. The topological polar surface area (TPSA) is 49.3 Å². The number of nitrogens with one attached hydrogen (secondary N) is 1. The Labute approximate surface area is 96.0 Å². The molecule has 1 fully saturated rings. The van der Waals surface area contributed by atoms with Gasteiger partial charge in [0.2, 0.25) is 5.91 Å². The van der Waals surface area contributed by atoms with Gasteiger partial charge in [-0.3, -0.25) is 4.79 Å². The highest BCUT2D eigenvalue weighted by molar-refractivity contribution is 7.99. The maximum Gasteiger partial charge on any atom is 0.221 e. The molecule has 0 radical (unpaired) electrons. The van der Waals surface area contributed by atoms with Gasteiger partial charge in [0.25, 0.3) is 0 Å². The summed E-state index contributed by atoms with van der Waals surface area (Å²) in [5.41, 5.74) is 0. The summed E-state index contributed by atoms with van der Waals surface area (Å²) < 4.78 is 0. The maximum absolute atomic E-state index is 11.5. The first-order valence-electron chi connectivity index (χ1n) is 5.79. The molecule has 0 saturated heterocycles. The van der Waals surface area contributed by atoms with Gasteiger partial charge in [0.15, 0.2) is 0 Å². The van der Waals surface area contributed by atoms with E-state index >= 15 is 0 Å². The van der Waals surface area contributed by atoms with Crippen molar-refractivity contribution < 1.29 is 9.90 Å². The molecule has 2 atom stereocenters. The summed E-state index contributed by atoms with van der Waals surface area (Å²) in [7, 11) is 0. The fourth-order valence-corrected chi connectivity index (χ4v) is 2.49. The van der Waals surface area contributed by atoms with E-state index in [0.717, 1.165) is 37.2 Å². The van der Waals surface area contributed by atoms with E-state index in [4.69, 9.17) is 0 Å². The van der Waals surface area contributed by atoms with Gasteiger partial charge in [-0.25, -0.2) is 0 Å². The minimum atomic E-state index is -0.332. The maximum atomic E-state index is 11.5. The lowest BCUT2D eigenvalue weighted by Crippen LogP contribution is -2.45. The Bertz CT molecular complexity index is 199. The Kier molecular flexibility index (Phi) is 6.10. The van der Waals surface area contributed by atoms with Gasteiger partial charge in [0.05, 0.1) is 12.1 Å². The smallest absolute Gasteiger partial charge is 0.221 e. The van der Waals surface area contributed by atoms with Crippen LogP contribution in [0.15, 0.2) is 0 Å². The van der Waals surface area contributed by atoms with Gasteiger partial charge in [-0.2, -0.15) is 11.8 Å². The first kappa shape index (κ1) is 12.8. The Morgan fingerprint density at radius 3 is 2.87 bits per heavy atom. The van der Waals surface area contributed by atoms with Crippen LogP contribution in [0.5, 0.6) is 0 Å². The molecule has 2 unspecified atom stereocenters. The van der Waals surface area contributed by atoms with Crippen LogP contribution in [-0.4, -0.2) is 34.7 Å². The van der Waals surface area contributed by atoms with E-state index < -0.39 is 0 Å². The molecule has 0 heterocycles. The van der Waals surface area contributed by atoms with Gasteiger partial charge in [-0.1, -0.05) is 19.8 Å². The second-order valence-electron chi connectivity index (χ2n) is 3.97. The summed E-state index contributed by atoms with van der Waals surface area (Å²) in [6.07, 6.45) is 4.19. The molecule has 88 valence electrons. The molecule has 0 aromatic rings.